The van der Waals surface area contributed by atoms with Gasteiger partial charge in [0.25, 0.3) is 11.7 Å². The van der Waals surface area contributed by atoms with E-state index in [0.717, 1.165) is 64.2 Å². The number of amides is 1. The Morgan fingerprint density at radius 1 is 0.889 bits per heavy atom. The Morgan fingerprint density at radius 2 is 1.54 bits per heavy atom. The van der Waals surface area contributed by atoms with E-state index in [1.807, 2.05) is 37.1 Å². The molecule has 1 aromatic carbocycles. The Hall–Kier alpha value is -3.87. The Labute approximate surface area is 430 Å². The molecule has 0 bridgehead atoms. The lowest BCUT2D eigenvalue weighted by molar-refractivity contribution is -0.240. The lowest BCUT2D eigenvalue weighted by Crippen LogP contribution is -2.59. The molecule has 1 aromatic rings. The third-order valence-electron chi connectivity index (χ3n) is 14.4. The fourth-order valence-electron chi connectivity index (χ4n) is 9.58. The predicted molar refractivity (Wildman–Crippen MR) is 278 cm³/mol. The highest BCUT2D eigenvalue weighted by Crippen LogP contribution is 2.35. The summed E-state index contributed by atoms with van der Waals surface area (Å²) in [6, 6.07) is 9.49. The average Bonchev–Trinajstić information content (AvgIpc) is 3.39. The summed E-state index contributed by atoms with van der Waals surface area (Å²) >= 11 is 0. The number of anilines is 1. The van der Waals surface area contributed by atoms with Crippen molar-refractivity contribution in [2.24, 2.45) is 23.7 Å². The van der Waals surface area contributed by atoms with Gasteiger partial charge in [0.1, 0.15) is 30.1 Å². The summed E-state index contributed by atoms with van der Waals surface area (Å²) in [5, 5.41) is 39.7. The minimum atomic E-state index is -2.09. The van der Waals surface area contributed by atoms with E-state index in [9.17, 15) is 39.3 Å². The molecule has 4 aliphatic rings. The fourth-order valence-corrected chi connectivity index (χ4v) is 9.58. The molecular formula is C56H92N2O14. The van der Waals surface area contributed by atoms with Crippen LogP contribution in [-0.4, -0.2) is 144 Å². The lowest BCUT2D eigenvalue weighted by Gasteiger charge is -2.43. The van der Waals surface area contributed by atoms with E-state index in [-0.39, 0.29) is 66.9 Å². The number of carbonyl (C=O) groups is 5. The summed E-state index contributed by atoms with van der Waals surface area (Å²) in [5.41, 5.74) is 2.90. The highest BCUT2D eigenvalue weighted by atomic mass is 16.7. The van der Waals surface area contributed by atoms with E-state index in [0.29, 0.717) is 44.2 Å². The molecule has 16 nitrogen and oxygen atoms in total. The summed E-state index contributed by atoms with van der Waals surface area (Å²) in [6.45, 7) is 17.8. The largest absolute Gasteiger partial charge is 0.464 e. The van der Waals surface area contributed by atoms with E-state index in [1.165, 1.54) is 30.9 Å². The van der Waals surface area contributed by atoms with Crippen molar-refractivity contribution in [3.8, 4) is 0 Å². The number of aliphatic hydroxyl groups is 4. The van der Waals surface area contributed by atoms with Gasteiger partial charge in [-0.3, -0.25) is 29.1 Å². The van der Waals surface area contributed by atoms with Crippen LogP contribution in [0.5, 0.6) is 0 Å². The molecular weight excluding hydrogens is 925 g/mol. The Balaban J connectivity index is 0.000000429. The maximum absolute atomic E-state index is 13.4. The van der Waals surface area contributed by atoms with Crippen LogP contribution in [0.25, 0.3) is 0 Å². The van der Waals surface area contributed by atoms with Crippen molar-refractivity contribution in [1.82, 2.24) is 4.90 Å². The summed E-state index contributed by atoms with van der Waals surface area (Å²) in [7, 11) is 4.11. The van der Waals surface area contributed by atoms with Crippen LogP contribution in [0.2, 0.25) is 0 Å². The number of nitrogens with zero attached hydrogens (tertiary/aromatic N) is 2. The molecule has 410 valence electrons. The monoisotopic (exact) mass is 1020 g/mol. The van der Waals surface area contributed by atoms with E-state index in [4.69, 9.17) is 28.9 Å². The van der Waals surface area contributed by atoms with Crippen molar-refractivity contribution in [2.45, 2.75) is 201 Å². The highest BCUT2D eigenvalue weighted by Gasteiger charge is 2.51. The van der Waals surface area contributed by atoms with Crippen LogP contribution in [0.4, 0.5) is 5.69 Å². The molecule has 3 aliphatic heterocycles. The van der Waals surface area contributed by atoms with Crippen molar-refractivity contribution < 1.29 is 68.2 Å². The molecule has 0 spiro atoms. The van der Waals surface area contributed by atoms with Gasteiger partial charge in [-0.15, -0.1) is 0 Å². The Bertz CT molecular complexity index is 1860. The number of esters is 1. The van der Waals surface area contributed by atoms with E-state index in [2.05, 4.69) is 39.0 Å². The molecule has 72 heavy (non-hydrogen) atoms. The number of ether oxygens (including phenoxy) is 4. The molecule has 1 saturated carbocycles. The number of ketones is 3. The first-order chi connectivity index (χ1) is 34.2. The number of allylic oxidation sites excluding steroid dienone is 2. The number of piperidine rings is 1. The molecule has 4 N–H and O–H groups in total. The number of hydrogen-bond acceptors (Lipinski definition) is 15. The van der Waals surface area contributed by atoms with Gasteiger partial charge in [0.15, 0.2) is 5.78 Å². The van der Waals surface area contributed by atoms with Crippen LogP contribution in [0.3, 0.4) is 0 Å². The van der Waals surface area contributed by atoms with Crippen LogP contribution in [0, 0.1) is 23.7 Å². The number of likely N-dealkylation sites (tertiary alicyclic amines) is 1. The number of rotatable bonds is 19. The number of carbonyl (C=O) groups excluding carboxylic acids is 5. The molecule has 0 aromatic heterocycles. The van der Waals surface area contributed by atoms with E-state index < -0.39 is 47.6 Å². The number of methoxy groups -OCH3 is 2. The van der Waals surface area contributed by atoms with Gasteiger partial charge in [0.05, 0.1) is 37.2 Å². The molecule has 5 rings (SSSR count). The number of benzene rings is 1. The van der Waals surface area contributed by atoms with Crippen LogP contribution >= 0.6 is 0 Å². The first kappa shape index (κ1) is 64.2. The quantitative estimate of drug-likeness (QED) is 0.0594. The predicted octanol–water partition coefficient (Wildman–Crippen LogP) is 7.66. The van der Waals surface area contributed by atoms with Crippen molar-refractivity contribution >= 4 is 34.9 Å². The van der Waals surface area contributed by atoms with Gasteiger partial charge in [-0.1, -0.05) is 90.3 Å². The second-order valence-corrected chi connectivity index (χ2v) is 20.0. The lowest BCUT2D eigenvalue weighted by atomic mass is 9.83. The first-order valence-corrected chi connectivity index (χ1v) is 26.4. The number of hydrogen-bond donors (Lipinski definition) is 4. The summed E-state index contributed by atoms with van der Waals surface area (Å²) in [4.78, 5) is 70.2. The van der Waals surface area contributed by atoms with Gasteiger partial charge in [0, 0.05) is 45.6 Å². The third-order valence-corrected chi connectivity index (χ3v) is 14.4. The second kappa shape index (κ2) is 33.1. The van der Waals surface area contributed by atoms with Crippen LogP contribution in [0.15, 0.2) is 53.6 Å². The first-order valence-electron chi connectivity index (χ1n) is 26.4. The maximum Gasteiger partial charge on any atom is 0.328 e. The SMILES string of the molecule is CC/C(C)=C/C1CCC([C@@H](C)CC(C)C(=O)[C@H](OC)C(O)/C(C)=C/[C@@H](C)C(C)=O)N(c2ccccc2)O1.CCCOC(=O)C1CCCCN1C(=O)C(=O)C1(O)OCCCC1C.CO.CO[C@@H]1CCCCC1O. The molecule has 3 saturated heterocycles. The normalized spacial score (nSPS) is 26.8. The number of aliphatic hydroxyl groups excluding tert-OH is 3. The minimum absolute atomic E-state index is 0.00860. The molecule has 8 unspecified atom stereocenters. The van der Waals surface area contributed by atoms with Crippen LogP contribution in [0.1, 0.15) is 152 Å². The van der Waals surface area contributed by atoms with Gasteiger partial charge in [-0.25, -0.2) is 4.79 Å². The molecule has 1 amide bonds. The fraction of sp³-hybridized carbons (Fsp3) is 0.732. The van der Waals surface area contributed by atoms with Gasteiger partial charge >= 0.3 is 5.97 Å². The molecule has 16 heteroatoms. The Morgan fingerprint density at radius 3 is 2.11 bits per heavy atom. The molecule has 4 fully saturated rings. The van der Waals surface area contributed by atoms with Gasteiger partial charge in [-0.05, 0) is 121 Å². The zero-order chi connectivity index (χ0) is 54.1. The molecule has 1 aliphatic carbocycles. The number of hydroxylamine groups is 1. The van der Waals surface area contributed by atoms with Crippen molar-refractivity contribution in [3.63, 3.8) is 0 Å². The summed E-state index contributed by atoms with van der Waals surface area (Å²) < 4.78 is 20.9. The molecule has 3 heterocycles. The molecule has 0 radical (unpaired) electrons. The second-order valence-electron chi connectivity index (χ2n) is 20.0. The number of para-hydroxylation sites is 1. The zero-order valence-corrected chi connectivity index (χ0v) is 45.7. The van der Waals surface area contributed by atoms with E-state index in [1.54, 1.807) is 34.0 Å². The zero-order valence-electron chi connectivity index (χ0n) is 45.7. The number of Topliss-reactive ketones (excluding diaryl/α,β-unsaturated/α-hetero) is 3. The summed E-state index contributed by atoms with van der Waals surface area (Å²) in [5.74, 6) is -5.47. The highest BCUT2D eigenvalue weighted by molar-refractivity contribution is 6.39. The summed E-state index contributed by atoms with van der Waals surface area (Å²) in [6.07, 6.45) is 13.6. The van der Waals surface area contributed by atoms with Crippen LogP contribution in [-0.2, 0) is 47.8 Å². The molecule has 12 atom stereocenters. The smallest absolute Gasteiger partial charge is 0.328 e. The van der Waals surface area contributed by atoms with Crippen LogP contribution < -0.4 is 5.06 Å². The Kier molecular flexibility index (Phi) is 29.6. The van der Waals surface area contributed by atoms with Crippen molar-refractivity contribution in [2.75, 3.05) is 46.2 Å². The third kappa shape index (κ3) is 19.1. The van der Waals surface area contributed by atoms with Crippen molar-refractivity contribution in [1.29, 1.82) is 0 Å². The van der Waals surface area contributed by atoms with Gasteiger partial charge in [0.2, 0.25) is 5.79 Å². The van der Waals surface area contributed by atoms with Gasteiger partial charge in [-0.2, -0.15) is 0 Å². The topological polar surface area (TPSA) is 219 Å². The van der Waals surface area contributed by atoms with Crippen molar-refractivity contribution in [3.05, 3.63) is 53.6 Å². The standard InChI is InChI=1S/C31H47NO5.C17H27NO6.C7H14O2.CH4O/c1-9-20(2)17-27-15-16-28(32(37-27)26-13-11-10-12-14-26)22(4)19-24(6)30(35)31(36-8)29(34)23(5)18-21(3)25(7)33;1-3-10-23-16(21)13-8-4-5-9-18(13)15(20)14(19)17(22)12(2)7-6-11-24-17;1-9-7-5-3-2-4-6(7)8;1-2/h10-14,17-18,21-22,24,27-29,31,34H,9,15-16,19H2,1-8H3;12-13,22H,3-11H2,1-2H3;6-8H,2-5H2,1H3;2H,1H3/b20-17+,23-18+;;;/t21-,22+,24?,27?,28?,29?,31-;;6?,7-;/m1.1./s1. The van der Waals surface area contributed by atoms with Gasteiger partial charge < -0.3 is 44.3 Å². The average molecular weight is 1020 g/mol. The maximum atomic E-state index is 13.4. The van der Waals surface area contributed by atoms with E-state index >= 15 is 0 Å². The minimum Gasteiger partial charge on any atom is -0.464 e.